The number of nitro groups is 1. The van der Waals surface area contributed by atoms with E-state index >= 15 is 0 Å². The van der Waals surface area contributed by atoms with Crippen LogP contribution in [-0.4, -0.2) is 85.9 Å². The van der Waals surface area contributed by atoms with Crippen LogP contribution in [0.25, 0.3) is 0 Å². The van der Waals surface area contributed by atoms with Gasteiger partial charge in [-0.25, -0.2) is 8.42 Å². The van der Waals surface area contributed by atoms with Gasteiger partial charge < -0.3 is 9.80 Å². The summed E-state index contributed by atoms with van der Waals surface area (Å²) < 4.78 is 23.5. The van der Waals surface area contributed by atoms with Gasteiger partial charge in [0.15, 0.2) is 9.84 Å². The first kappa shape index (κ1) is 21.0. The molecule has 0 N–H and O–H groups in total. The quantitative estimate of drug-likeness (QED) is 0.521. The van der Waals surface area contributed by atoms with E-state index < -0.39 is 14.8 Å². The lowest BCUT2D eigenvalue weighted by Gasteiger charge is -2.38. The van der Waals surface area contributed by atoms with Crippen LogP contribution in [-0.2, 0) is 9.84 Å². The lowest BCUT2D eigenvalue weighted by Crippen LogP contribution is -2.52. The van der Waals surface area contributed by atoms with E-state index in [4.69, 9.17) is 0 Å². The molecule has 3 saturated heterocycles. The van der Waals surface area contributed by atoms with Crippen LogP contribution in [0.1, 0.15) is 36.0 Å². The van der Waals surface area contributed by atoms with Gasteiger partial charge in [-0.15, -0.1) is 0 Å². The minimum Gasteiger partial charge on any atom is -0.371 e. The maximum atomic E-state index is 13.3. The Balaban J connectivity index is 1.50. The van der Waals surface area contributed by atoms with Crippen LogP contribution >= 0.6 is 0 Å². The number of amides is 1. The molecule has 30 heavy (non-hydrogen) atoms. The number of nitro benzene ring substituents is 1. The topological polar surface area (TPSA) is 104 Å². The Morgan fingerprint density at radius 3 is 2.33 bits per heavy atom. The highest BCUT2D eigenvalue weighted by Crippen LogP contribution is 2.30. The molecule has 0 saturated carbocycles. The summed E-state index contributed by atoms with van der Waals surface area (Å²) in [5.41, 5.74) is 1.09. The zero-order valence-electron chi connectivity index (χ0n) is 17.0. The van der Waals surface area contributed by atoms with Crippen molar-refractivity contribution in [1.29, 1.82) is 0 Å². The van der Waals surface area contributed by atoms with Crippen LogP contribution in [0.15, 0.2) is 18.2 Å². The average molecular weight is 437 g/mol. The largest absolute Gasteiger partial charge is 0.371 e. The Labute approximate surface area is 176 Å². The molecule has 0 bridgehead atoms. The molecule has 0 aliphatic carbocycles. The first-order valence-corrected chi connectivity index (χ1v) is 12.4. The van der Waals surface area contributed by atoms with Crippen LogP contribution in [0.2, 0.25) is 0 Å². The summed E-state index contributed by atoms with van der Waals surface area (Å²) in [5.74, 6) is 0.257. The molecule has 10 heteroatoms. The number of non-ortho nitro benzene ring substituents is 1. The van der Waals surface area contributed by atoms with E-state index in [1.807, 2.05) is 0 Å². The zero-order valence-corrected chi connectivity index (χ0v) is 17.8. The molecule has 4 rings (SSSR count). The van der Waals surface area contributed by atoms with Gasteiger partial charge in [-0.3, -0.25) is 19.8 Å². The number of piperazine rings is 1. The molecule has 3 aliphatic rings. The molecular formula is C20H28N4O5S. The highest BCUT2D eigenvalue weighted by molar-refractivity contribution is 7.91. The highest BCUT2D eigenvalue weighted by atomic mass is 32.2. The van der Waals surface area contributed by atoms with Gasteiger partial charge in [0, 0.05) is 57.4 Å². The summed E-state index contributed by atoms with van der Waals surface area (Å²) in [4.78, 5) is 30.2. The number of carbonyl (C=O) groups excluding carboxylic acids is 1. The molecule has 3 heterocycles. The predicted octanol–water partition coefficient (Wildman–Crippen LogP) is 1.53. The molecule has 1 aromatic carbocycles. The number of hydrogen-bond donors (Lipinski definition) is 0. The van der Waals surface area contributed by atoms with Gasteiger partial charge in [0.25, 0.3) is 11.6 Å². The summed E-state index contributed by atoms with van der Waals surface area (Å²) in [6.07, 6.45) is 3.91. The first-order chi connectivity index (χ1) is 14.3. The van der Waals surface area contributed by atoms with Crippen LogP contribution in [0.5, 0.6) is 0 Å². The van der Waals surface area contributed by atoms with Crippen molar-refractivity contribution in [3.8, 4) is 0 Å². The van der Waals surface area contributed by atoms with E-state index in [1.165, 1.54) is 12.1 Å². The number of benzene rings is 1. The normalized spacial score (nSPS) is 24.7. The maximum absolute atomic E-state index is 13.3. The number of nitrogens with zero attached hydrogens (tertiary/aromatic N) is 4. The van der Waals surface area contributed by atoms with Crippen molar-refractivity contribution < 1.29 is 18.1 Å². The standard InChI is InChI=1S/C20H28N4O5S/c25-20(23-11-9-21(10-12-23)17-6-13-30(28,29)15-17)18-14-16(24(26)27)4-5-19(18)22-7-2-1-3-8-22/h4-5,14,17H,1-3,6-13,15H2. The molecular weight excluding hydrogens is 408 g/mol. The van der Waals surface area contributed by atoms with E-state index in [2.05, 4.69) is 9.80 Å². The summed E-state index contributed by atoms with van der Waals surface area (Å²) in [7, 11) is -2.94. The van der Waals surface area contributed by atoms with Gasteiger partial charge in [-0.2, -0.15) is 0 Å². The highest BCUT2D eigenvalue weighted by Gasteiger charge is 2.35. The van der Waals surface area contributed by atoms with E-state index in [9.17, 15) is 23.3 Å². The van der Waals surface area contributed by atoms with Gasteiger partial charge in [0.1, 0.15) is 0 Å². The minimum absolute atomic E-state index is 0.0361. The summed E-state index contributed by atoms with van der Waals surface area (Å²) >= 11 is 0. The second kappa shape index (κ2) is 8.50. The fraction of sp³-hybridized carbons (Fsp3) is 0.650. The van der Waals surface area contributed by atoms with Crippen LogP contribution in [0.3, 0.4) is 0 Å². The summed E-state index contributed by atoms with van der Waals surface area (Å²) in [5, 5.41) is 11.3. The number of carbonyl (C=O) groups is 1. The Bertz CT molecular complexity index is 921. The number of sulfone groups is 1. The van der Waals surface area contributed by atoms with E-state index in [-0.39, 0.29) is 29.1 Å². The van der Waals surface area contributed by atoms with Gasteiger partial charge in [0.2, 0.25) is 0 Å². The molecule has 0 radical (unpaired) electrons. The second-order valence-electron chi connectivity index (χ2n) is 8.39. The molecule has 164 valence electrons. The first-order valence-electron chi connectivity index (χ1n) is 10.6. The Hall–Kier alpha value is -2.20. The molecule has 1 aromatic rings. The van der Waals surface area contributed by atoms with Crippen molar-refractivity contribution >= 4 is 27.1 Å². The monoisotopic (exact) mass is 436 g/mol. The fourth-order valence-electron chi connectivity index (χ4n) is 4.74. The fourth-order valence-corrected chi connectivity index (χ4v) is 6.50. The van der Waals surface area contributed by atoms with Crippen LogP contribution < -0.4 is 4.90 Å². The van der Waals surface area contributed by atoms with Crippen molar-refractivity contribution in [2.45, 2.75) is 31.7 Å². The maximum Gasteiger partial charge on any atom is 0.270 e. The van der Waals surface area contributed by atoms with Gasteiger partial charge in [0.05, 0.1) is 27.7 Å². The van der Waals surface area contributed by atoms with E-state index in [0.717, 1.165) is 38.0 Å². The van der Waals surface area contributed by atoms with Crippen molar-refractivity contribution in [1.82, 2.24) is 9.80 Å². The Morgan fingerprint density at radius 1 is 1.03 bits per heavy atom. The van der Waals surface area contributed by atoms with Gasteiger partial charge in [-0.1, -0.05) is 0 Å². The number of hydrogen-bond acceptors (Lipinski definition) is 7. The molecule has 1 unspecified atom stereocenters. The smallest absolute Gasteiger partial charge is 0.270 e. The van der Waals surface area contributed by atoms with Crippen LogP contribution in [0.4, 0.5) is 11.4 Å². The number of anilines is 1. The molecule has 1 atom stereocenters. The third-order valence-corrected chi connectivity index (χ3v) is 8.19. The van der Waals surface area contributed by atoms with E-state index in [0.29, 0.717) is 38.2 Å². The summed E-state index contributed by atoms with van der Waals surface area (Å²) in [6, 6.07) is 4.62. The van der Waals surface area contributed by atoms with Gasteiger partial charge in [-0.05, 0) is 31.7 Å². The Morgan fingerprint density at radius 2 is 1.73 bits per heavy atom. The van der Waals surface area contributed by atoms with Gasteiger partial charge >= 0.3 is 0 Å². The molecule has 3 aliphatic heterocycles. The minimum atomic E-state index is -2.94. The van der Waals surface area contributed by atoms with Crippen molar-refractivity contribution in [3.05, 3.63) is 33.9 Å². The lowest BCUT2D eigenvalue weighted by molar-refractivity contribution is -0.384. The van der Waals surface area contributed by atoms with E-state index in [1.54, 1.807) is 11.0 Å². The zero-order chi connectivity index (χ0) is 21.3. The molecule has 0 aromatic heterocycles. The Kier molecular flexibility index (Phi) is 5.97. The van der Waals surface area contributed by atoms with Crippen molar-refractivity contribution in [3.63, 3.8) is 0 Å². The predicted molar refractivity (Wildman–Crippen MR) is 114 cm³/mol. The van der Waals surface area contributed by atoms with Crippen molar-refractivity contribution in [2.24, 2.45) is 0 Å². The third kappa shape index (κ3) is 4.44. The molecule has 0 spiro atoms. The molecule has 9 nitrogen and oxygen atoms in total. The average Bonchev–Trinajstić information content (AvgIpc) is 3.13. The van der Waals surface area contributed by atoms with Crippen molar-refractivity contribution in [2.75, 3.05) is 55.7 Å². The second-order valence-corrected chi connectivity index (χ2v) is 10.6. The lowest BCUT2D eigenvalue weighted by atomic mass is 10.0. The third-order valence-electron chi connectivity index (χ3n) is 6.44. The number of rotatable bonds is 4. The molecule has 3 fully saturated rings. The SMILES string of the molecule is O=C(c1cc([N+](=O)[O-])ccc1N1CCCCC1)N1CCN(C2CCS(=O)(=O)C2)CC1. The summed E-state index contributed by atoms with van der Waals surface area (Å²) in [6.45, 7) is 3.94. The van der Waals surface area contributed by atoms with Crippen LogP contribution in [0, 0.1) is 10.1 Å². The number of piperidine rings is 1. The molecule has 1 amide bonds.